The molecule has 1 aromatic rings. The molecule has 0 aromatic heterocycles. The molecular weight excluding hydrogens is 246 g/mol. The van der Waals surface area contributed by atoms with Gasteiger partial charge in [-0.1, -0.05) is 30.9 Å². The van der Waals surface area contributed by atoms with E-state index in [4.69, 9.17) is 17.3 Å². The fraction of sp³-hybridized carbons (Fsp3) is 0.600. The Labute approximate surface area is 114 Å². The van der Waals surface area contributed by atoms with E-state index in [-0.39, 0.29) is 5.41 Å². The van der Waals surface area contributed by atoms with Crippen LogP contribution >= 0.6 is 11.6 Å². The van der Waals surface area contributed by atoms with Crippen molar-refractivity contribution < 1.29 is 5.11 Å². The van der Waals surface area contributed by atoms with Gasteiger partial charge in [-0.05, 0) is 49.4 Å². The fourth-order valence-electron chi connectivity index (χ4n) is 3.36. The first-order chi connectivity index (χ1) is 8.52. The van der Waals surface area contributed by atoms with Crippen molar-refractivity contribution in [3.05, 3.63) is 27.8 Å². The maximum absolute atomic E-state index is 10.2. The zero-order valence-corrected chi connectivity index (χ0v) is 12.0. The molecule has 3 N–H and O–H groups in total. The van der Waals surface area contributed by atoms with Gasteiger partial charge in [-0.2, -0.15) is 0 Å². The first kappa shape index (κ1) is 13.7. The summed E-state index contributed by atoms with van der Waals surface area (Å²) in [5.74, 6) is 0.368. The third-order valence-corrected chi connectivity index (χ3v) is 4.72. The highest BCUT2D eigenvalue weighted by atomic mass is 35.5. The zero-order valence-electron chi connectivity index (χ0n) is 11.2. The van der Waals surface area contributed by atoms with Gasteiger partial charge in [0.25, 0.3) is 0 Å². The summed E-state index contributed by atoms with van der Waals surface area (Å²) in [6.07, 6.45) is 5.82. The summed E-state index contributed by atoms with van der Waals surface area (Å²) < 4.78 is 0. The van der Waals surface area contributed by atoms with Gasteiger partial charge in [0.1, 0.15) is 5.75 Å². The van der Waals surface area contributed by atoms with Crippen LogP contribution in [-0.2, 0) is 5.41 Å². The van der Waals surface area contributed by atoms with Crippen LogP contribution in [0.3, 0.4) is 0 Å². The number of aromatic hydroxyl groups is 1. The Bertz CT molecular complexity index is 450. The van der Waals surface area contributed by atoms with E-state index in [1.807, 2.05) is 19.9 Å². The Morgan fingerprint density at radius 3 is 2.44 bits per heavy atom. The average molecular weight is 268 g/mol. The average Bonchev–Trinajstić information content (AvgIpc) is 2.37. The summed E-state index contributed by atoms with van der Waals surface area (Å²) in [6, 6.07) is 1.87. The predicted octanol–water partition coefficient (Wildman–Crippen LogP) is 3.82. The Morgan fingerprint density at radius 2 is 1.89 bits per heavy atom. The monoisotopic (exact) mass is 267 g/mol. The van der Waals surface area contributed by atoms with Crippen LogP contribution in [0.25, 0.3) is 0 Å². The number of halogens is 1. The van der Waals surface area contributed by atoms with Crippen LogP contribution in [0.4, 0.5) is 0 Å². The summed E-state index contributed by atoms with van der Waals surface area (Å²) in [5, 5.41) is 10.9. The second kappa shape index (κ2) is 5.10. The van der Waals surface area contributed by atoms with Crippen LogP contribution in [0.15, 0.2) is 6.07 Å². The number of phenolic OH excluding ortho intramolecular Hbond substituents is 1. The molecule has 0 bridgehead atoms. The second-order valence-corrected chi connectivity index (χ2v) is 5.98. The summed E-state index contributed by atoms with van der Waals surface area (Å²) in [5.41, 5.74) is 8.84. The molecule has 2 rings (SSSR count). The van der Waals surface area contributed by atoms with E-state index in [9.17, 15) is 5.11 Å². The van der Waals surface area contributed by atoms with E-state index in [2.05, 4.69) is 0 Å². The molecule has 1 fully saturated rings. The molecule has 0 saturated heterocycles. The lowest BCUT2D eigenvalue weighted by atomic mass is 9.68. The number of nitrogens with two attached hydrogens (primary N) is 1. The Kier molecular flexibility index (Phi) is 3.88. The third-order valence-electron chi connectivity index (χ3n) is 4.42. The van der Waals surface area contributed by atoms with Crippen molar-refractivity contribution in [1.82, 2.24) is 0 Å². The van der Waals surface area contributed by atoms with Gasteiger partial charge >= 0.3 is 0 Å². The van der Waals surface area contributed by atoms with E-state index >= 15 is 0 Å². The van der Waals surface area contributed by atoms with Gasteiger partial charge in [0, 0.05) is 17.0 Å². The van der Waals surface area contributed by atoms with E-state index < -0.39 is 0 Å². The Morgan fingerprint density at radius 1 is 1.28 bits per heavy atom. The number of rotatable bonds is 2. The normalized spacial score (nSPS) is 18.9. The van der Waals surface area contributed by atoms with Crippen LogP contribution in [0, 0.1) is 13.8 Å². The first-order valence-corrected chi connectivity index (χ1v) is 7.09. The minimum absolute atomic E-state index is 0.0371. The van der Waals surface area contributed by atoms with E-state index in [0.29, 0.717) is 12.3 Å². The Hall–Kier alpha value is -0.730. The van der Waals surface area contributed by atoms with Crippen molar-refractivity contribution in [1.29, 1.82) is 0 Å². The molecule has 18 heavy (non-hydrogen) atoms. The molecule has 1 aromatic carbocycles. The van der Waals surface area contributed by atoms with Crippen molar-refractivity contribution in [2.75, 3.05) is 6.54 Å². The van der Waals surface area contributed by atoms with E-state index in [1.165, 1.54) is 19.3 Å². The lowest BCUT2D eigenvalue weighted by Crippen LogP contribution is -2.38. The maximum Gasteiger partial charge on any atom is 0.121 e. The highest BCUT2D eigenvalue weighted by Crippen LogP contribution is 2.45. The van der Waals surface area contributed by atoms with E-state index in [1.54, 1.807) is 0 Å². The minimum Gasteiger partial charge on any atom is -0.507 e. The summed E-state index contributed by atoms with van der Waals surface area (Å²) in [7, 11) is 0. The molecule has 1 aliphatic carbocycles. The number of hydrogen-bond acceptors (Lipinski definition) is 2. The minimum atomic E-state index is -0.0371. The molecule has 0 amide bonds. The van der Waals surface area contributed by atoms with Gasteiger partial charge in [0.05, 0.1) is 0 Å². The molecule has 0 radical (unpaired) electrons. The van der Waals surface area contributed by atoms with Crippen LogP contribution in [0.2, 0.25) is 5.02 Å². The van der Waals surface area contributed by atoms with Crippen LogP contribution < -0.4 is 5.73 Å². The molecule has 0 unspecified atom stereocenters. The molecule has 0 atom stereocenters. The van der Waals surface area contributed by atoms with Gasteiger partial charge in [-0.3, -0.25) is 0 Å². The third kappa shape index (κ3) is 2.12. The topological polar surface area (TPSA) is 46.2 Å². The maximum atomic E-state index is 10.2. The molecular formula is C15H22ClNO. The van der Waals surface area contributed by atoms with Gasteiger partial charge in [0.2, 0.25) is 0 Å². The molecule has 1 saturated carbocycles. The molecule has 3 heteroatoms. The van der Waals surface area contributed by atoms with Crippen molar-refractivity contribution in [2.24, 2.45) is 5.73 Å². The van der Waals surface area contributed by atoms with Crippen LogP contribution in [0.5, 0.6) is 5.75 Å². The molecule has 0 aliphatic heterocycles. The standard InChI is InChI=1S/C15H22ClNO/c1-10-8-12(16)13(11(2)14(10)18)15(9-17)6-4-3-5-7-15/h8,18H,3-7,9,17H2,1-2H3. The summed E-state index contributed by atoms with van der Waals surface area (Å²) in [4.78, 5) is 0. The number of benzene rings is 1. The van der Waals surface area contributed by atoms with Gasteiger partial charge in [0.15, 0.2) is 0 Å². The molecule has 2 nitrogen and oxygen atoms in total. The SMILES string of the molecule is Cc1cc(Cl)c(C2(CN)CCCCC2)c(C)c1O. The van der Waals surface area contributed by atoms with Gasteiger partial charge in [-0.15, -0.1) is 0 Å². The van der Waals surface area contributed by atoms with Crippen LogP contribution in [-0.4, -0.2) is 11.7 Å². The number of hydrogen-bond donors (Lipinski definition) is 2. The molecule has 0 spiro atoms. The summed E-state index contributed by atoms with van der Waals surface area (Å²) in [6.45, 7) is 4.44. The van der Waals surface area contributed by atoms with E-state index in [0.717, 1.165) is 34.6 Å². The fourth-order valence-corrected chi connectivity index (χ4v) is 3.87. The van der Waals surface area contributed by atoms with Crippen LogP contribution in [0.1, 0.15) is 48.8 Å². The highest BCUT2D eigenvalue weighted by Gasteiger charge is 2.36. The first-order valence-electron chi connectivity index (χ1n) is 6.71. The quantitative estimate of drug-likeness (QED) is 0.856. The highest BCUT2D eigenvalue weighted by molar-refractivity contribution is 6.31. The predicted molar refractivity (Wildman–Crippen MR) is 76.4 cm³/mol. The van der Waals surface area contributed by atoms with Crippen molar-refractivity contribution in [3.63, 3.8) is 0 Å². The Balaban J connectivity index is 2.58. The molecule has 0 heterocycles. The lowest BCUT2D eigenvalue weighted by Gasteiger charge is -2.38. The second-order valence-electron chi connectivity index (χ2n) is 5.57. The summed E-state index contributed by atoms with van der Waals surface area (Å²) >= 11 is 6.44. The largest absolute Gasteiger partial charge is 0.507 e. The smallest absolute Gasteiger partial charge is 0.121 e. The number of aryl methyl sites for hydroxylation is 1. The van der Waals surface area contributed by atoms with Gasteiger partial charge < -0.3 is 10.8 Å². The number of phenols is 1. The van der Waals surface area contributed by atoms with Gasteiger partial charge in [-0.25, -0.2) is 0 Å². The molecule has 1 aliphatic rings. The molecule has 100 valence electrons. The van der Waals surface area contributed by atoms with Crippen molar-refractivity contribution >= 4 is 11.6 Å². The van der Waals surface area contributed by atoms with Crippen molar-refractivity contribution in [2.45, 2.75) is 51.4 Å². The van der Waals surface area contributed by atoms with Crippen molar-refractivity contribution in [3.8, 4) is 5.75 Å². The lowest BCUT2D eigenvalue weighted by molar-refractivity contribution is 0.298. The zero-order chi connectivity index (χ0) is 13.3.